The highest BCUT2D eigenvalue weighted by atomic mass is 32.2. The Morgan fingerprint density at radius 3 is 2.55 bits per heavy atom. The molecule has 11 heteroatoms. The third-order valence-corrected chi connectivity index (χ3v) is 6.61. The van der Waals surface area contributed by atoms with E-state index in [-0.39, 0.29) is 5.95 Å². The van der Waals surface area contributed by atoms with Crippen molar-refractivity contribution in [2.75, 3.05) is 43.1 Å². The van der Waals surface area contributed by atoms with Gasteiger partial charge in [0.1, 0.15) is 0 Å². The third kappa shape index (κ3) is 3.73. The average Bonchev–Trinajstić information content (AvgIpc) is 3.43. The van der Waals surface area contributed by atoms with Gasteiger partial charge >= 0.3 is 0 Å². The lowest BCUT2D eigenvalue weighted by atomic mass is 10.1. The summed E-state index contributed by atoms with van der Waals surface area (Å²) in [6.07, 6.45) is 2.81. The van der Waals surface area contributed by atoms with Crippen LogP contribution >= 0.6 is 0 Å². The molecule has 31 heavy (non-hydrogen) atoms. The predicted molar refractivity (Wildman–Crippen MR) is 117 cm³/mol. The normalized spacial score (nSPS) is 15.6. The maximum Gasteiger partial charge on any atom is 0.223 e. The zero-order valence-electron chi connectivity index (χ0n) is 16.8. The number of fused-ring (bicyclic) bond motifs is 1. The molecule has 0 aliphatic carbocycles. The van der Waals surface area contributed by atoms with Crippen LogP contribution in [0.1, 0.15) is 0 Å². The zero-order chi connectivity index (χ0) is 21.6. The molecule has 0 amide bonds. The van der Waals surface area contributed by atoms with Crippen LogP contribution in [-0.2, 0) is 10.0 Å². The Hall–Kier alpha value is -3.44. The van der Waals surface area contributed by atoms with Gasteiger partial charge in [0.2, 0.25) is 21.8 Å². The first-order chi connectivity index (χ1) is 14.9. The second-order valence-corrected chi connectivity index (χ2v) is 9.36. The van der Waals surface area contributed by atoms with Crippen molar-refractivity contribution < 1.29 is 12.8 Å². The number of hydrogen-bond donors (Lipinski definition) is 1. The van der Waals surface area contributed by atoms with Gasteiger partial charge in [-0.25, -0.2) is 18.4 Å². The van der Waals surface area contributed by atoms with Crippen LogP contribution in [0.2, 0.25) is 0 Å². The fraction of sp³-hybridized carbons (Fsp3) is 0.250. The molecular weight excluding hydrogens is 418 g/mol. The summed E-state index contributed by atoms with van der Waals surface area (Å²) < 4.78 is 31.9. The number of benzene rings is 1. The van der Waals surface area contributed by atoms with Crippen molar-refractivity contribution in [3.63, 3.8) is 0 Å². The van der Waals surface area contributed by atoms with Crippen molar-refractivity contribution in [1.82, 2.24) is 23.9 Å². The van der Waals surface area contributed by atoms with E-state index in [9.17, 15) is 8.42 Å². The van der Waals surface area contributed by atoms with Gasteiger partial charge in [-0.3, -0.25) is 0 Å². The molecule has 3 aromatic heterocycles. The summed E-state index contributed by atoms with van der Waals surface area (Å²) in [6.45, 7) is 2.19. The van der Waals surface area contributed by atoms with E-state index in [2.05, 4.69) is 20.0 Å². The van der Waals surface area contributed by atoms with Crippen LogP contribution in [0.3, 0.4) is 0 Å². The van der Waals surface area contributed by atoms with Gasteiger partial charge in [0, 0.05) is 43.5 Å². The molecule has 0 saturated carbocycles. The van der Waals surface area contributed by atoms with Crippen molar-refractivity contribution in [2.24, 2.45) is 0 Å². The van der Waals surface area contributed by atoms with Gasteiger partial charge in [-0.2, -0.15) is 8.82 Å². The summed E-state index contributed by atoms with van der Waals surface area (Å²) in [7, 11) is -3.16. The highest BCUT2D eigenvalue weighted by Gasteiger charge is 2.23. The summed E-state index contributed by atoms with van der Waals surface area (Å²) in [5.74, 6) is 1.22. The Bertz CT molecular complexity index is 1340. The molecule has 0 spiro atoms. The number of nitrogen functional groups attached to an aromatic ring is 1. The lowest BCUT2D eigenvalue weighted by Crippen LogP contribution is -2.48. The zero-order valence-corrected chi connectivity index (χ0v) is 17.7. The summed E-state index contributed by atoms with van der Waals surface area (Å²) in [6, 6.07) is 13.3. The van der Waals surface area contributed by atoms with Crippen molar-refractivity contribution >= 4 is 27.3 Å². The lowest BCUT2D eigenvalue weighted by molar-refractivity contribution is 0.388. The second kappa shape index (κ2) is 7.36. The molecule has 1 saturated heterocycles. The topological polar surface area (TPSA) is 123 Å². The SMILES string of the molecule is CS(=O)(=O)N1CCN(c2cccc(-c3cc4nc(-c5ccco5)nn4c(N)n3)c2)CC1. The Morgan fingerprint density at radius 2 is 1.84 bits per heavy atom. The maximum atomic E-state index is 11.8. The van der Waals surface area contributed by atoms with Crippen LogP contribution in [-0.4, -0.2) is 64.7 Å². The van der Waals surface area contributed by atoms with Crippen LogP contribution < -0.4 is 10.6 Å². The number of aromatic nitrogens is 4. The molecule has 0 atom stereocenters. The second-order valence-electron chi connectivity index (χ2n) is 7.38. The van der Waals surface area contributed by atoms with Crippen molar-refractivity contribution in [1.29, 1.82) is 0 Å². The molecule has 1 fully saturated rings. The Labute approximate surface area is 179 Å². The fourth-order valence-electron chi connectivity index (χ4n) is 3.71. The van der Waals surface area contributed by atoms with Gasteiger partial charge in [0.25, 0.3) is 0 Å². The molecule has 1 aliphatic heterocycles. The molecule has 0 bridgehead atoms. The molecule has 4 aromatic rings. The van der Waals surface area contributed by atoms with Crippen LogP contribution in [0.25, 0.3) is 28.5 Å². The number of hydrogen-bond acceptors (Lipinski definition) is 8. The van der Waals surface area contributed by atoms with E-state index < -0.39 is 10.0 Å². The summed E-state index contributed by atoms with van der Waals surface area (Å²) >= 11 is 0. The molecule has 1 aromatic carbocycles. The fourth-order valence-corrected chi connectivity index (χ4v) is 4.54. The third-order valence-electron chi connectivity index (χ3n) is 5.31. The number of nitrogens with zero attached hydrogens (tertiary/aromatic N) is 6. The van der Waals surface area contributed by atoms with E-state index in [1.54, 1.807) is 18.4 Å². The quantitative estimate of drug-likeness (QED) is 0.510. The Kier molecular flexibility index (Phi) is 4.63. The van der Waals surface area contributed by atoms with Gasteiger partial charge in [-0.1, -0.05) is 12.1 Å². The summed E-state index contributed by atoms with van der Waals surface area (Å²) in [5, 5.41) is 4.37. The molecule has 5 rings (SSSR count). The van der Waals surface area contributed by atoms with E-state index >= 15 is 0 Å². The van der Waals surface area contributed by atoms with Gasteiger partial charge < -0.3 is 15.1 Å². The van der Waals surface area contributed by atoms with E-state index in [1.165, 1.54) is 15.1 Å². The summed E-state index contributed by atoms with van der Waals surface area (Å²) in [4.78, 5) is 11.2. The maximum absolute atomic E-state index is 11.8. The van der Waals surface area contributed by atoms with E-state index in [0.29, 0.717) is 49.1 Å². The van der Waals surface area contributed by atoms with E-state index in [4.69, 9.17) is 10.2 Å². The molecule has 2 N–H and O–H groups in total. The van der Waals surface area contributed by atoms with E-state index in [0.717, 1.165) is 11.3 Å². The van der Waals surface area contributed by atoms with Gasteiger partial charge in [0.05, 0.1) is 18.2 Å². The van der Waals surface area contributed by atoms with Crippen LogP contribution in [0.5, 0.6) is 0 Å². The van der Waals surface area contributed by atoms with Crippen molar-refractivity contribution in [3.05, 3.63) is 48.7 Å². The summed E-state index contributed by atoms with van der Waals surface area (Å²) in [5.41, 5.74) is 9.29. The number of piperazine rings is 1. The standard InChI is InChI=1S/C20H21N7O3S/c1-31(28,29)26-9-7-25(8-10-26)15-5-2-4-14(12-15)16-13-18-23-19(17-6-3-11-30-17)24-27(18)20(21)22-16/h2-6,11-13H,7-10H2,1H3,(H2,21,22). The molecular formula is C20H21N7O3S. The molecule has 0 unspecified atom stereocenters. The molecule has 160 valence electrons. The minimum Gasteiger partial charge on any atom is -0.461 e. The number of furan rings is 1. The number of rotatable bonds is 4. The molecule has 0 radical (unpaired) electrons. The predicted octanol–water partition coefficient (Wildman–Crippen LogP) is 1.72. The van der Waals surface area contributed by atoms with Crippen molar-refractivity contribution in [2.45, 2.75) is 0 Å². The number of nitrogens with two attached hydrogens (primary N) is 1. The van der Waals surface area contributed by atoms with Crippen molar-refractivity contribution in [3.8, 4) is 22.8 Å². The van der Waals surface area contributed by atoms with Gasteiger partial charge in [0.15, 0.2) is 11.4 Å². The number of sulfonamides is 1. The first-order valence-electron chi connectivity index (χ1n) is 9.76. The Balaban J connectivity index is 1.44. The minimum atomic E-state index is -3.16. The van der Waals surface area contributed by atoms with Crippen LogP contribution in [0.4, 0.5) is 11.6 Å². The monoisotopic (exact) mass is 439 g/mol. The number of anilines is 2. The van der Waals surface area contributed by atoms with Gasteiger partial charge in [-0.15, -0.1) is 5.10 Å². The smallest absolute Gasteiger partial charge is 0.223 e. The highest BCUT2D eigenvalue weighted by molar-refractivity contribution is 7.88. The molecule has 1 aliphatic rings. The van der Waals surface area contributed by atoms with Gasteiger partial charge in [-0.05, 0) is 24.3 Å². The lowest BCUT2D eigenvalue weighted by Gasteiger charge is -2.34. The van der Waals surface area contributed by atoms with Crippen LogP contribution in [0, 0.1) is 0 Å². The highest BCUT2D eigenvalue weighted by Crippen LogP contribution is 2.27. The minimum absolute atomic E-state index is 0.227. The molecule has 4 heterocycles. The largest absolute Gasteiger partial charge is 0.461 e. The first-order valence-corrected chi connectivity index (χ1v) is 11.6. The Morgan fingerprint density at radius 1 is 1.03 bits per heavy atom. The molecule has 10 nitrogen and oxygen atoms in total. The van der Waals surface area contributed by atoms with E-state index in [1.807, 2.05) is 30.3 Å². The first kappa shape index (κ1) is 19.5. The average molecular weight is 440 g/mol. The van der Waals surface area contributed by atoms with Crippen LogP contribution in [0.15, 0.2) is 53.1 Å².